The van der Waals surface area contributed by atoms with Gasteiger partial charge in [0.1, 0.15) is 6.07 Å². The van der Waals surface area contributed by atoms with Gasteiger partial charge >= 0.3 is 6.18 Å². The summed E-state index contributed by atoms with van der Waals surface area (Å²) < 4.78 is 39.7. The molecule has 0 aromatic carbocycles. The number of alkyl halides is 3. The molecule has 0 saturated carbocycles. The summed E-state index contributed by atoms with van der Waals surface area (Å²) in [5.41, 5.74) is -0.735. The van der Waals surface area contributed by atoms with Crippen LogP contribution in [0.2, 0.25) is 0 Å². The van der Waals surface area contributed by atoms with E-state index in [1.54, 1.807) is 7.05 Å². The Morgan fingerprint density at radius 2 is 2.05 bits per heavy atom. The Bertz CT molecular complexity index is 668. The monoisotopic (exact) mass is 296 g/mol. The number of anilines is 1. The lowest BCUT2D eigenvalue weighted by atomic mass is 10.2. The smallest absolute Gasteiger partial charge is 0.354 e. The van der Waals surface area contributed by atoms with E-state index in [2.05, 4.69) is 15.3 Å². The van der Waals surface area contributed by atoms with Crippen LogP contribution in [0.1, 0.15) is 17.0 Å². The SMILES string of the molecule is CN(Cc1cn(C)nc1C(F)(F)F)c1ccc(C#N)nn1. The largest absolute Gasteiger partial charge is 0.435 e. The van der Waals surface area contributed by atoms with Gasteiger partial charge in [-0.3, -0.25) is 4.68 Å². The van der Waals surface area contributed by atoms with Crippen LogP contribution in [0.15, 0.2) is 18.3 Å². The van der Waals surface area contributed by atoms with Crippen LogP contribution in [0.5, 0.6) is 0 Å². The van der Waals surface area contributed by atoms with Crippen LogP contribution in [-0.2, 0) is 19.8 Å². The zero-order chi connectivity index (χ0) is 15.6. The van der Waals surface area contributed by atoms with Gasteiger partial charge in [0.05, 0.1) is 0 Å². The number of rotatable bonds is 3. The molecular weight excluding hydrogens is 285 g/mol. The van der Waals surface area contributed by atoms with Gasteiger partial charge in [-0.2, -0.15) is 23.5 Å². The topological polar surface area (TPSA) is 70.6 Å². The lowest BCUT2D eigenvalue weighted by Crippen LogP contribution is -2.20. The zero-order valence-electron chi connectivity index (χ0n) is 11.3. The first kappa shape index (κ1) is 14.8. The maximum atomic E-state index is 12.9. The van der Waals surface area contributed by atoms with Crippen molar-refractivity contribution in [2.75, 3.05) is 11.9 Å². The summed E-state index contributed by atoms with van der Waals surface area (Å²) in [6, 6.07) is 4.80. The van der Waals surface area contributed by atoms with Crippen molar-refractivity contribution >= 4 is 5.82 Å². The van der Waals surface area contributed by atoms with Gasteiger partial charge in [-0.05, 0) is 12.1 Å². The Kier molecular flexibility index (Phi) is 3.80. The van der Waals surface area contributed by atoms with E-state index in [-0.39, 0.29) is 17.8 Å². The second kappa shape index (κ2) is 5.40. The minimum atomic E-state index is -4.51. The first-order valence-corrected chi connectivity index (χ1v) is 5.86. The van der Waals surface area contributed by atoms with Crippen molar-refractivity contribution in [1.82, 2.24) is 20.0 Å². The molecule has 0 aliphatic heterocycles. The second-order valence-electron chi connectivity index (χ2n) is 4.42. The third-order valence-electron chi connectivity index (χ3n) is 2.74. The average molecular weight is 296 g/mol. The highest BCUT2D eigenvalue weighted by atomic mass is 19.4. The molecule has 0 aliphatic carbocycles. The molecule has 0 N–H and O–H groups in total. The number of hydrogen-bond donors (Lipinski definition) is 0. The number of nitriles is 1. The predicted octanol–water partition coefficient (Wildman–Crippen LogP) is 1.74. The fraction of sp³-hybridized carbons (Fsp3) is 0.333. The number of halogens is 3. The summed E-state index contributed by atoms with van der Waals surface area (Å²) in [4.78, 5) is 1.50. The minimum Gasteiger partial charge on any atom is -0.354 e. The van der Waals surface area contributed by atoms with Crippen LogP contribution < -0.4 is 4.90 Å². The molecule has 0 fully saturated rings. The Morgan fingerprint density at radius 1 is 1.33 bits per heavy atom. The van der Waals surface area contributed by atoms with Gasteiger partial charge in [-0.25, -0.2) is 0 Å². The van der Waals surface area contributed by atoms with Crippen molar-refractivity contribution in [3.05, 3.63) is 35.3 Å². The van der Waals surface area contributed by atoms with Crippen molar-refractivity contribution in [1.29, 1.82) is 5.26 Å². The Hall–Kier alpha value is -2.63. The number of hydrogen-bond acceptors (Lipinski definition) is 5. The standard InChI is InChI=1S/C12H11F3N6/c1-20(10-4-3-9(5-16)17-18-10)6-8-7-21(2)19-11(8)12(13,14)15/h3-4,7H,6H2,1-2H3. The van der Waals surface area contributed by atoms with E-state index in [1.165, 1.54) is 30.3 Å². The van der Waals surface area contributed by atoms with E-state index in [1.807, 2.05) is 6.07 Å². The molecule has 6 nitrogen and oxygen atoms in total. The van der Waals surface area contributed by atoms with Crippen molar-refractivity contribution in [3.63, 3.8) is 0 Å². The molecule has 21 heavy (non-hydrogen) atoms. The van der Waals surface area contributed by atoms with Crippen molar-refractivity contribution in [3.8, 4) is 6.07 Å². The summed E-state index contributed by atoms with van der Waals surface area (Å²) in [5, 5.41) is 19.5. The van der Waals surface area contributed by atoms with Crippen LogP contribution in [0.4, 0.5) is 19.0 Å². The van der Waals surface area contributed by atoms with E-state index in [0.29, 0.717) is 5.82 Å². The highest BCUT2D eigenvalue weighted by molar-refractivity contribution is 5.39. The fourth-order valence-electron chi connectivity index (χ4n) is 1.82. The Labute approximate surface area is 118 Å². The second-order valence-corrected chi connectivity index (χ2v) is 4.42. The summed E-state index contributed by atoms with van der Waals surface area (Å²) >= 11 is 0. The maximum absolute atomic E-state index is 12.9. The summed E-state index contributed by atoms with van der Waals surface area (Å²) in [6.45, 7) is -0.0245. The summed E-state index contributed by atoms with van der Waals surface area (Å²) in [5.74, 6) is 0.367. The van der Waals surface area contributed by atoms with Gasteiger partial charge in [0.2, 0.25) is 0 Å². The molecule has 0 bridgehead atoms. The number of nitrogens with zero attached hydrogens (tertiary/aromatic N) is 6. The molecule has 2 heterocycles. The van der Waals surface area contributed by atoms with Crippen LogP contribution in [0.25, 0.3) is 0 Å². The van der Waals surface area contributed by atoms with Crippen LogP contribution in [-0.4, -0.2) is 27.0 Å². The molecule has 0 unspecified atom stereocenters. The number of aryl methyl sites for hydroxylation is 1. The molecule has 2 aromatic rings. The lowest BCUT2D eigenvalue weighted by molar-refractivity contribution is -0.142. The number of aromatic nitrogens is 4. The van der Waals surface area contributed by atoms with Gasteiger partial charge in [0.25, 0.3) is 0 Å². The fourth-order valence-corrected chi connectivity index (χ4v) is 1.82. The minimum absolute atomic E-state index is 0.0245. The Balaban J connectivity index is 2.23. The van der Waals surface area contributed by atoms with Crippen LogP contribution in [0, 0.1) is 11.3 Å². The molecule has 2 rings (SSSR count). The molecule has 2 aromatic heterocycles. The lowest BCUT2D eigenvalue weighted by Gasteiger charge is -2.17. The quantitative estimate of drug-likeness (QED) is 0.862. The van der Waals surface area contributed by atoms with Crippen molar-refractivity contribution < 1.29 is 13.2 Å². The molecule has 9 heteroatoms. The van der Waals surface area contributed by atoms with E-state index < -0.39 is 11.9 Å². The van der Waals surface area contributed by atoms with Crippen LogP contribution in [0.3, 0.4) is 0 Å². The predicted molar refractivity (Wildman–Crippen MR) is 67.1 cm³/mol. The van der Waals surface area contributed by atoms with Gasteiger partial charge in [0.15, 0.2) is 17.2 Å². The third-order valence-corrected chi connectivity index (χ3v) is 2.74. The molecule has 0 saturated heterocycles. The van der Waals surface area contributed by atoms with E-state index in [4.69, 9.17) is 5.26 Å². The molecule has 0 aliphatic rings. The van der Waals surface area contributed by atoms with Gasteiger partial charge in [-0.15, -0.1) is 10.2 Å². The average Bonchev–Trinajstić information content (AvgIpc) is 2.79. The zero-order valence-corrected chi connectivity index (χ0v) is 11.3. The van der Waals surface area contributed by atoms with Crippen molar-refractivity contribution in [2.24, 2.45) is 7.05 Å². The van der Waals surface area contributed by atoms with Gasteiger partial charge in [0, 0.05) is 32.4 Å². The van der Waals surface area contributed by atoms with Crippen LogP contribution >= 0.6 is 0 Å². The Morgan fingerprint density at radius 3 is 2.57 bits per heavy atom. The normalized spacial score (nSPS) is 11.2. The summed E-state index contributed by atoms with van der Waals surface area (Å²) in [7, 11) is 3.02. The molecule has 0 radical (unpaired) electrons. The van der Waals surface area contributed by atoms with E-state index >= 15 is 0 Å². The van der Waals surface area contributed by atoms with Gasteiger partial charge < -0.3 is 4.90 Å². The summed E-state index contributed by atoms with van der Waals surface area (Å²) in [6.07, 6.45) is -3.19. The molecule has 0 amide bonds. The molecule has 110 valence electrons. The highest BCUT2D eigenvalue weighted by Gasteiger charge is 2.37. The third kappa shape index (κ3) is 3.28. The van der Waals surface area contributed by atoms with Gasteiger partial charge in [-0.1, -0.05) is 0 Å². The highest BCUT2D eigenvalue weighted by Crippen LogP contribution is 2.31. The molecule has 0 atom stereocenters. The van der Waals surface area contributed by atoms with E-state index in [9.17, 15) is 13.2 Å². The maximum Gasteiger partial charge on any atom is 0.435 e. The first-order valence-electron chi connectivity index (χ1n) is 5.86. The van der Waals surface area contributed by atoms with Crippen molar-refractivity contribution in [2.45, 2.75) is 12.7 Å². The molecule has 0 spiro atoms. The molecular formula is C12H11F3N6. The first-order chi connectivity index (χ1) is 9.81. The van der Waals surface area contributed by atoms with E-state index in [0.717, 1.165) is 4.68 Å².